The fourth-order valence-corrected chi connectivity index (χ4v) is 1.96. The molecule has 0 aliphatic carbocycles. The molecule has 0 aliphatic rings. The summed E-state index contributed by atoms with van der Waals surface area (Å²) >= 11 is 0. The number of halogens is 1. The summed E-state index contributed by atoms with van der Waals surface area (Å²) in [6.07, 6.45) is 1.90. The van der Waals surface area contributed by atoms with Crippen LogP contribution in [-0.2, 0) is 0 Å². The van der Waals surface area contributed by atoms with E-state index in [-0.39, 0.29) is 5.82 Å². The van der Waals surface area contributed by atoms with Crippen molar-refractivity contribution in [3.8, 4) is 0 Å². The summed E-state index contributed by atoms with van der Waals surface area (Å²) in [5, 5.41) is 5.51. The van der Waals surface area contributed by atoms with Crippen LogP contribution in [0.4, 0.5) is 4.39 Å². The van der Waals surface area contributed by atoms with Crippen molar-refractivity contribution in [1.29, 1.82) is 0 Å². The molecule has 2 nitrogen and oxygen atoms in total. The molecule has 2 aromatic rings. The quantitative estimate of drug-likeness (QED) is 0.778. The lowest BCUT2D eigenvalue weighted by Gasteiger charge is -2.06. The second-order valence-corrected chi connectivity index (χ2v) is 5.34. The molecule has 0 atom stereocenters. The fourth-order valence-electron chi connectivity index (χ4n) is 1.96. The van der Waals surface area contributed by atoms with Crippen molar-refractivity contribution in [3.05, 3.63) is 41.9 Å². The highest BCUT2D eigenvalue weighted by Crippen LogP contribution is 2.28. The van der Waals surface area contributed by atoms with Gasteiger partial charge in [-0.25, -0.2) is 9.07 Å². The van der Waals surface area contributed by atoms with Crippen LogP contribution in [0, 0.1) is 11.7 Å². The zero-order valence-corrected chi connectivity index (χ0v) is 11.9. The van der Waals surface area contributed by atoms with Crippen LogP contribution in [0.2, 0.25) is 0 Å². The Hall–Kier alpha value is -1.90. The van der Waals surface area contributed by atoms with Gasteiger partial charge in [-0.05, 0) is 37.5 Å². The maximum absolute atomic E-state index is 13.4. The molecule has 0 amide bonds. The van der Waals surface area contributed by atoms with E-state index in [2.05, 4.69) is 25.5 Å². The highest BCUT2D eigenvalue weighted by molar-refractivity contribution is 5.91. The highest BCUT2D eigenvalue weighted by atomic mass is 19.1. The van der Waals surface area contributed by atoms with Gasteiger partial charge >= 0.3 is 0 Å². The minimum absolute atomic E-state index is 0.252. The summed E-state index contributed by atoms with van der Waals surface area (Å²) in [5.41, 5.74) is 3.70. The number of benzene rings is 1. The van der Waals surface area contributed by atoms with Gasteiger partial charge in [0.2, 0.25) is 0 Å². The lowest BCUT2D eigenvalue weighted by molar-refractivity contribution is 0.629. The number of fused-ring (bicyclic) bond motifs is 1. The van der Waals surface area contributed by atoms with Crippen molar-refractivity contribution in [1.82, 2.24) is 9.78 Å². The van der Waals surface area contributed by atoms with E-state index in [1.165, 1.54) is 12.1 Å². The lowest BCUT2D eigenvalue weighted by atomic mass is 9.99. The van der Waals surface area contributed by atoms with Gasteiger partial charge in [-0.2, -0.15) is 5.10 Å². The number of rotatable bonds is 3. The SMILES string of the molecule is C=C(c1nn(C=C(C)C)c2cc(F)ccc12)C(C)C. The third kappa shape index (κ3) is 2.60. The summed E-state index contributed by atoms with van der Waals surface area (Å²) in [5.74, 6) is 0.0563. The van der Waals surface area contributed by atoms with Crippen molar-refractivity contribution < 1.29 is 4.39 Å². The lowest BCUT2D eigenvalue weighted by Crippen LogP contribution is -1.95. The normalized spacial score (nSPS) is 11.1. The molecule has 2 rings (SSSR count). The standard InChI is InChI=1S/C16H19FN2/c1-10(2)9-19-15-8-13(17)6-7-14(15)16(18-19)12(5)11(3)4/h6-9,11H,5H2,1-4H3. The average Bonchev–Trinajstić information content (AvgIpc) is 2.65. The van der Waals surface area contributed by atoms with Gasteiger partial charge in [0.05, 0.1) is 11.2 Å². The van der Waals surface area contributed by atoms with E-state index < -0.39 is 0 Å². The second-order valence-electron chi connectivity index (χ2n) is 5.34. The Kier molecular flexibility index (Phi) is 3.56. The molecule has 0 aliphatic heterocycles. The molecule has 19 heavy (non-hydrogen) atoms. The van der Waals surface area contributed by atoms with Crippen LogP contribution in [0.3, 0.4) is 0 Å². The molecule has 0 fully saturated rings. The van der Waals surface area contributed by atoms with Gasteiger partial charge in [0.1, 0.15) is 5.82 Å². The van der Waals surface area contributed by atoms with Crippen molar-refractivity contribution in [2.45, 2.75) is 27.7 Å². The number of hydrogen-bond donors (Lipinski definition) is 0. The Morgan fingerprint density at radius 1 is 1.37 bits per heavy atom. The van der Waals surface area contributed by atoms with Gasteiger partial charge in [-0.3, -0.25) is 0 Å². The first-order valence-electron chi connectivity index (χ1n) is 6.42. The van der Waals surface area contributed by atoms with Crippen LogP contribution in [0.5, 0.6) is 0 Å². The molecule has 0 unspecified atom stereocenters. The van der Waals surface area contributed by atoms with Crippen LogP contribution in [0.1, 0.15) is 33.4 Å². The molecule has 0 bridgehead atoms. The van der Waals surface area contributed by atoms with Gasteiger partial charge in [0.15, 0.2) is 0 Å². The summed E-state index contributed by atoms with van der Waals surface area (Å²) < 4.78 is 15.2. The third-order valence-corrected chi connectivity index (χ3v) is 3.05. The molecule has 1 aromatic heterocycles. The molecule has 1 aromatic carbocycles. The molecule has 100 valence electrons. The Morgan fingerprint density at radius 3 is 2.63 bits per heavy atom. The Bertz CT molecular complexity index is 659. The zero-order valence-electron chi connectivity index (χ0n) is 11.9. The average molecular weight is 258 g/mol. The minimum Gasteiger partial charge on any atom is -0.240 e. The van der Waals surface area contributed by atoms with E-state index in [4.69, 9.17) is 0 Å². The Morgan fingerprint density at radius 2 is 2.05 bits per heavy atom. The van der Waals surface area contributed by atoms with Crippen LogP contribution < -0.4 is 0 Å². The maximum atomic E-state index is 13.4. The largest absolute Gasteiger partial charge is 0.240 e. The van der Waals surface area contributed by atoms with E-state index in [9.17, 15) is 4.39 Å². The maximum Gasteiger partial charge on any atom is 0.125 e. The van der Waals surface area contributed by atoms with Gasteiger partial charge in [-0.15, -0.1) is 0 Å². The number of hydrogen-bond acceptors (Lipinski definition) is 1. The Balaban J connectivity index is 2.73. The second kappa shape index (κ2) is 5.00. The molecular weight excluding hydrogens is 239 g/mol. The zero-order chi connectivity index (χ0) is 14.2. The fraction of sp³-hybridized carbons (Fsp3) is 0.312. The van der Waals surface area contributed by atoms with Crippen molar-refractivity contribution in [2.75, 3.05) is 0 Å². The number of allylic oxidation sites excluding steroid dienone is 2. The van der Waals surface area contributed by atoms with E-state index in [0.29, 0.717) is 5.92 Å². The van der Waals surface area contributed by atoms with Crippen LogP contribution in [-0.4, -0.2) is 9.78 Å². The smallest absolute Gasteiger partial charge is 0.125 e. The van der Waals surface area contributed by atoms with Crippen molar-refractivity contribution in [2.24, 2.45) is 5.92 Å². The molecule has 0 saturated heterocycles. The van der Waals surface area contributed by atoms with Crippen LogP contribution in [0.15, 0.2) is 30.4 Å². The van der Waals surface area contributed by atoms with Gasteiger partial charge in [-0.1, -0.05) is 26.0 Å². The van der Waals surface area contributed by atoms with Gasteiger partial charge < -0.3 is 0 Å². The molecule has 0 saturated carbocycles. The van der Waals surface area contributed by atoms with E-state index in [1.54, 1.807) is 10.7 Å². The predicted octanol–water partition coefficient (Wildman–Crippen LogP) is 4.73. The summed E-state index contributed by atoms with van der Waals surface area (Å²) in [4.78, 5) is 0. The minimum atomic E-state index is -0.252. The predicted molar refractivity (Wildman–Crippen MR) is 79.2 cm³/mol. The van der Waals surface area contributed by atoms with E-state index >= 15 is 0 Å². The van der Waals surface area contributed by atoms with Crippen LogP contribution in [0.25, 0.3) is 22.7 Å². The molecular formula is C16H19FN2. The number of aromatic nitrogens is 2. The third-order valence-electron chi connectivity index (χ3n) is 3.05. The van der Waals surface area contributed by atoms with Gasteiger partial charge in [0.25, 0.3) is 0 Å². The molecule has 0 N–H and O–H groups in total. The first-order valence-corrected chi connectivity index (χ1v) is 6.42. The molecule has 0 spiro atoms. The highest BCUT2D eigenvalue weighted by Gasteiger charge is 2.14. The van der Waals surface area contributed by atoms with Crippen molar-refractivity contribution >= 4 is 22.7 Å². The van der Waals surface area contributed by atoms with E-state index in [1.807, 2.05) is 20.0 Å². The van der Waals surface area contributed by atoms with Gasteiger partial charge in [0, 0.05) is 17.7 Å². The topological polar surface area (TPSA) is 17.8 Å². The van der Waals surface area contributed by atoms with Crippen LogP contribution >= 0.6 is 0 Å². The molecule has 3 heteroatoms. The molecule has 0 radical (unpaired) electrons. The molecule has 1 heterocycles. The Labute approximate surface area is 113 Å². The first kappa shape index (κ1) is 13.5. The summed E-state index contributed by atoms with van der Waals surface area (Å²) in [6.45, 7) is 12.2. The summed E-state index contributed by atoms with van der Waals surface area (Å²) in [7, 11) is 0. The number of nitrogens with zero attached hydrogens (tertiary/aromatic N) is 2. The summed E-state index contributed by atoms with van der Waals surface area (Å²) in [6, 6.07) is 4.75. The first-order chi connectivity index (χ1) is 8.90. The van der Waals surface area contributed by atoms with Crippen molar-refractivity contribution in [3.63, 3.8) is 0 Å². The monoisotopic (exact) mass is 258 g/mol. The van der Waals surface area contributed by atoms with E-state index in [0.717, 1.165) is 27.7 Å².